The zero-order valence-electron chi connectivity index (χ0n) is 14.5. The molecule has 2 aliphatic heterocycles. The standard InChI is InChI=1S/C18H25N3O3/c1-12(2)14-4-5-17-16(8-14)19-18(23)10-21-7-6-20(13(3)22)9-15(21)11-24-17/h4-5,8,12,15H,6-7,9-11H2,1-3H3,(H,19,23)/t15-/m0/s1. The van der Waals surface area contributed by atoms with Crippen LogP contribution in [0.1, 0.15) is 32.3 Å². The van der Waals surface area contributed by atoms with Crippen LogP contribution < -0.4 is 10.1 Å². The smallest absolute Gasteiger partial charge is 0.238 e. The van der Waals surface area contributed by atoms with Gasteiger partial charge in [0.1, 0.15) is 12.4 Å². The highest BCUT2D eigenvalue weighted by Crippen LogP contribution is 2.30. The Kier molecular flexibility index (Phi) is 4.76. The number of piperazine rings is 1. The largest absolute Gasteiger partial charge is 0.490 e. The summed E-state index contributed by atoms with van der Waals surface area (Å²) in [6.45, 7) is 8.56. The minimum absolute atomic E-state index is 0.0316. The Morgan fingerprint density at radius 2 is 2.12 bits per heavy atom. The second-order valence-electron chi connectivity index (χ2n) is 6.86. The van der Waals surface area contributed by atoms with Crippen LogP contribution in [0.5, 0.6) is 5.75 Å². The van der Waals surface area contributed by atoms with Gasteiger partial charge in [-0.2, -0.15) is 0 Å². The molecule has 6 nitrogen and oxygen atoms in total. The van der Waals surface area contributed by atoms with Gasteiger partial charge in [0.25, 0.3) is 0 Å². The topological polar surface area (TPSA) is 61.9 Å². The third kappa shape index (κ3) is 3.53. The summed E-state index contributed by atoms with van der Waals surface area (Å²) in [5, 5.41) is 2.98. The fraction of sp³-hybridized carbons (Fsp3) is 0.556. The molecule has 0 spiro atoms. The highest BCUT2D eigenvalue weighted by Gasteiger charge is 2.31. The number of anilines is 1. The van der Waals surface area contributed by atoms with Crippen LogP contribution in [0.25, 0.3) is 0 Å². The van der Waals surface area contributed by atoms with E-state index in [1.165, 1.54) is 0 Å². The van der Waals surface area contributed by atoms with Crippen LogP contribution in [0, 0.1) is 0 Å². The summed E-state index contributed by atoms with van der Waals surface area (Å²) in [5.74, 6) is 1.11. The Labute approximate surface area is 142 Å². The molecule has 3 rings (SSSR count). The van der Waals surface area contributed by atoms with Crippen molar-refractivity contribution in [3.8, 4) is 5.75 Å². The van der Waals surface area contributed by atoms with E-state index in [1.807, 2.05) is 23.1 Å². The minimum atomic E-state index is -0.0380. The van der Waals surface area contributed by atoms with Crippen LogP contribution in [-0.4, -0.2) is 60.4 Å². The lowest BCUT2D eigenvalue weighted by molar-refractivity contribution is -0.132. The van der Waals surface area contributed by atoms with E-state index < -0.39 is 0 Å². The number of hydrogen-bond acceptors (Lipinski definition) is 4. The number of benzene rings is 1. The summed E-state index contributed by atoms with van der Waals surface area (Å²) in [7, 11) is 0. The minimum Gasteiger partial charge on any atom is -0.490 e. The van der Waals surface area contributed by atoms with Crippen molar-refractivity contribution in [2.24, 2.45) is 0 Å². The first-order valence-electron chi connectivity index (χ1n) is 8.50. The zero-order chi connectivity index (χ0) is 17.3. The van der Waals surface area contributed by atoms with Crippen molar-refractivity contribution in [3.63, 3.8) is 0 Å². The van der Waals surface area contributed by atoms with Gasteiger partial charge in [0.15, 0.2) is 0 Å². The Balaban J connectivity index is 1.83. The Morgan fingerprint density at radius 1 is 1.33 bits per heavy atom. The second kappa shape index (κ2) is 6.81. The molecule has 0 saturated carbocycles. The number of carbonyl (C=O) groups is 2. The number of ether oxygens (including phenoxy) is 1. The summed E-state index contributed by atoms with van der Waals surface area (Å²) in [4.78, 5) is 28.0. The van der Waals surface area contributed by atoms with Gasteiger partial charge in [-0.1, -0.05) is 19.9 Å². The molecule has 2 aliphatic rings. The normalized spacial score (nSPS) is 21.8. The van der Waals surface area contributed by atoms with Gasteiger partial charge in [-0.15, -0.1) is 0 Å². The van der Waals surface area contributed by atoms with Gasteiger partial charge in [-0.05, 0) is 23.6 Å². The van der Waals surface area contributed by atoms with Crippen molar-refractivity contribution in [2.75, 3.05) is 38.1 Å². The average molecular weight is 331 g/mol. The predicted molar refractivity (Wildman–Crippen MR) is 92.3 cm³/mol. The molecule has 2 heterocycles. The molecule has 0 aromatic heterocycles. The van der Waals surface area contributed by atoms with Crippen molar-refractivity contribution in [3.05, 3.63) is 23.8 Å². The van der Waals surface area contributed by atoms with Crippen LogP contribution in [-0.2, 0) is 9.59 Å². The predicted octanol–water partition coefficient (Wildman–Crippen LogP) is 1.67. The Bertz CT molecular complexity index is 644. The van der Waals surface area contributed by atoms with Gasteiger partial charge in [0.05, 0.1) is 18.3 Å². The molecule has 1 atom stereocenters. The Hall–Kier alpha value is -2.08. The molecule has 0 bridgehead atoms. The number of fused-ring (bicyclic) bond motifs is 2. The van der Waals surface area contributed by atoms with Crippen LogP contribution in [0.15, 0.2) is 18.2 Å². The third-order valence-corrected chi connectivity index (χ3v) is 4.77. The first-order chi connectivity index (χ1) is 11.4. The lowest BCUT2D eigenvalue weighted by Gasteiger charge is -2.40. The molecule has 0 radical (unpaired) electrons. The summed E-state index contributed by atoms with van der Waals surface area (Å²) in [6, 6.07) is 5.98. The first-order valence-corrected chi connectivity index (χ1v) is 8.50. The summed E-state index contributed by atoms with van der Waals surface area (Å²) >= 11 is 0. The molecule has 24 heavy (non-hydrogen) atoms. The lowest BCUT2D eigenvalue weighted by Crippen LogP contribution is -2.57. The quantitative estimate of drug-likeness (QED) is 0.850. The van der Waals surface area contributed by atoms with Crippen LogP contribution in [0.4, 0.5) is 5.69 Å². The maximum atomic E-state index is 12.4. The third-order valence-electron chi connectivity index (χ3n) is 4.77. The first kappa shape index (κ1) is 16.8. The van der Waals surface area contributed by atoms with E-state index in [0.717, 1.165) is 11.3 Å². The molecule has 130 valence electrons. The molecular formula is C18H25N3O3. The van der Waals surface area contributed by atoms with Crippen molar-refractivity contribution in [1.29, 1.82) is 0 Å². The van der Waals surface area contributed by atoms with E-state index in [2.05, 4.69) is 24.1 Å². The van der Waals surface area contributed by atoms with E-state index in [4.69, 9.17) is 4.74 Å². The monoisotopic (exact) mass is 331 g/mol. The fourth-order valence-corrected chi connectivity index (χ4v) is 3.24. The van der Waals surface area contributed by atoms with E-state index in [1.54, 1.807) is 6.92 Å². The average Bonchev–Trinajstić information content (AvgIpc) is 2.60. The van der Waals surface area contributed by atoms with E-state index in [-0.39, 0.29) is 17.9 Å². The van der Waals surface area contributed by atoms with E-state index in [9.17, 15) is 9.59 Å². The number of hydrogen-bond donors (Lipinski definition) is 1. The SMILES string of the molecule is CC(=O)N1CCN2CC(=O)Nc3cc(C(C)C)ccc3OC[C@@H]2C1. The molecule has 1 aromatic rings. The molecule has 1 aromatic carbocycles. The molecular weight excluding hydrogens is 306 g/mol. The fourth-order valence-electron chi connectivity index (χ4n) is 3.24. The molecule has 1 saturated heterocycles. The highest BCUT2D eigenvalue weighted by molar-refractivity contribution is 5.94. The number of nitrogens with one attached hydrogen (secondary N) is 1. The lowest BCUT2D eigenvalue weighted by atomic mass is 10.0. The Morgan fingerprint density at radius 3 is 2.83 bits per heavy atom. The van der Waals surface area contributed by atoms with Gasteiger partial charge in [-0.3, -0.25) is 14.5 Å². The molecule has 6 heteroatoms. The van der Waals surface area contributed by atoms with Crippen LogP contribution >= 0.6 is 0 Å². The highest BCUT2D eigenvalue weighted by atomic mass is 16.5. The zero-order valence-corrected chi connectivity index (χ0v) is 14.5. The molecule has 2 amide bonds. The van der Waals surface area contributed by atoms with Gasteiger partial charge < -0.3 is 15.0 Å². The van der Waals surface area contributed by atoms with Crippen molar-refractivity contribution >= 4 is 17.5 Å². The number of rotatable bonds is 1. The maximum Gasteiger partial charge on any atom is 0.238 e. The van der Waals surface area contributed by atoms with E-state index >= 15 is 0 Å². The van der Waals surface area contributed by atoms with Crippen molar-refractivity contribution in [1.82, 2.24) is 9.80 Å². The molecule has 0 unspecified atom stereocenters. The van der Waals surface area contributed by atoms with Crippen molar-refractivity contribution in [2.45, 2.75) is 32.7 Å². The second-order valence-corrected chi connectivity index (χ2v) is 6.86. The van der Waals surface area contributed by atoms with Crippen LogP contribution in [0.3, 0.4) is 0 Å². The van der Waals surface area contributed by atoms with Gasteiger partial charge in [0, 0.05) is 26.6 Å². The molecule has 1 fully saturated rings. The van der Waals surface area contributed by atoms with Gasteiger partial charge in [-0.25, -0.2) is 0 Å². The maximum absolute atomic E-state index is 12.4. The number of carbonyl (C=O) groups excluding carboxylic acids is 2. The number of nitrogens with zero attached hydrogens (tertiary/aromatic N) is 2. The van der Waals surface area contributed by atoms with Gasteiger partial charge >= 0.3 is 0 Å². The summed E-state index contributed by atoms with van der Waals surface area (Å²) in [5.41, 5.74) is 1.90. The summed E-state index contributed by atoms with van der Waals surface area (Å²) < 4.78 is 5.99. The van der Waals surface area contributed by atoms with Gasteiger partial charge in [0.2, 0.25) is 11.8 Å². The van der Waals surface area contributed by atoms with E-state index in [0.29, 0.717) is 44.5 Å². The summed E-state index contributed by atoms with van der Waals surface area (Å²) in [6.07, 6.45) is 0. The molecule has 1 N–H and O–H groups in total. The number of amides is 2. The molecule has 0 aliphatic carbocycles. The van der Waals surface area contributed by atoms with Crippen LogP contribution in [0.2, 0.25) is 0 Å². The van der Waals surface area contributed by atoms with Crippen molar-refractivity contribution < 1.29 is 14.3 Å².